The van der Waals surface area contributed by atoms with Crippen molar-refractivity contribution >= 4 is 23.1 Å². The molecule has 0 radical (unpaired) electrons. The molecule has 4 N–H and O–H groups in total. The summed E-state index contributed by atoms with van der Waals surface area (Å²) in [6.07, 6.45) is 0. The van der Waals surface area contributed by atoms with Gasteiger partial charge in [0.1, 0.15) is 0 Å². The number of carbonyl (C=O) groups excluding carboxylic acids is 1. The SMILES string of the molecule is CC(CN(C)C(C)C(N)=S)C(N)=O. The van der Waals surface area contributed by atoms with Crippen LogP contribution in [-0.4, -0.2) is 35.4 Å². The molecule has 0 fully saturated rings. The molecule has 0 aromatic rings. The molecule has 76 valence electrons. The number of primary amides is 1. The Morgan fingerprint density at radius 2 is 1.92 bits per heavy atom. The van der Waals surface area contributed by atoms with Crippen LogP contribution >= 0.6 is 12.2 Å². The summed E-state index contributed by atoms with van der Waals surface area (Å²) in [5.74, 6) is -0.483. The lowest BCUT2D eigenvalue weighted by molar-refractivity contribution is -0.121. The van der Waals surface area contributed by atoms with Crippen LogP contribution < -0.4 is 11.5 Å². The highest BCUT2D eigenvalue weighted by molar-refractivity contribution is 7.80. The number of rotatable bonds is 5. The number of hydrogen-bond acceptors (Lipinski definition) is 3. The molecule has 4 nitrogen and oxygen atoms in total. The smallest absolute Gasteiger partial charge is 0.221 e. The fraction of sp³-hybridized carbons (Fsp3) is 0.750. The zero-order chi connectivity index (χ0) is 10.6. The minimum Gasteiger partial charge on any atom is -0.392 e. The summed E-state index contributed by atoms with van der Waals surface area (Å²) in [6.45, 7) is 4.26. The molecule has 5 heteroatoms. The van der Waals surface area contributed by atoms with Crippen LogP contribution in [0.1, 0.15) is 13.8 Å². The van der Waals surface area contributed by atoms with Gasteiger partial charge in [0.15, 0.2) is 0 Å². The molecule has 0 saturated heterocycles. The van der Waals surface area contributed by atoms with Crippen molar-refractivity contribution < 1.29 is 4.79 Å². The monoisotopic (exact) mass is 203 g/mol. The number of thiocarbonyl (C=S) groups is 1. The molecule has 0 aromatic heterocycles. The molecular weight excluding hydrogens is 186 g/mol. The first-order valence-electron chi connectivity index (χ1n) is 4.15. The van der Waals surface area contributed by atoms with Gasteiger partial charge in [0.2, 0.25) is 5.91 Å². The third kappa shape index (κ3) is 4.19. The minimum absolute atomic E-state index is 0.00296. The summed E-state index contributed by atoms with van der Waals surface area (Å²) < 4.78 is 0. The standard InChI is InChI=1S/C8H17N3OS/c1-5(7(9)12)4-11(3)6(2)8(10)13/h5-6H,4H2,1-3H3,(H2,9,12)(H2,10,13). The molecule has 0 aliphatic carbocycles. The highest BCUT2D eigenvalue weighted by Gasteiger charge is 2.17. The van der Waals surface area contributed by atoms with Gasteiger partial charge in [-0.2, -0.15) is 0 Å². The topological polar surface area (TPSA) is 72.3 Å². The van der Waals surface area contributed by atoms with Crippen LogP contribution in [0.15, 0.2) is 0 Å². The van der Waals surface area contributed by atoms with Gasteiger partial charge < -0.3 is 11.5 Å². The Morgan fingerprint density at radius 3 is 2.23 bits per heavy atom. The van der Waals surface area contributed by atoms with Crippen LogP contribution in [0.4, 0.5) is 0 Å². The molecule has 0 saturated carbocycles. The van der Waals surface area contributed by atoms with Gasteiger partial charge in [-0.05, 0) is 14.0 Å². The van der Waals surface area contributed by atoms with Gasteiger partial charge >= 0.3 is 0 Å². The van der Waals surface area contributed by atoms with E-state index in [4.69, 9.17) is 23.7 Å². The second kappa shape index (κ2) is 5.14. The number of carbonyl (C=O) groups is 1. The maximum atomic E-state index is 10.8. The lowest BCUT2D eigenvalue weighted by Crippen LogP contribution is -2.43. The third-order valence-corrected chi connectivity index (χ3v) is 2.46. The molecule has 0 rings (SSSR count). The fourth-order valence-corrected chi connectivity index (χ4v) is 1.08. The highest BCUT2D eigenvalue weighted by Crippen LogP contribution is 2.01. The van der Waals surface area contributed by atoms with E-state index in [1.54, 1.807) is 6.92 Å². The van der Waals surface area contributed by atoms with E-state index in [2.05, 4.69) is 0 Å². The first-order chi connectivity index (χ1) is 5.86. The van der Waals surface area contributed by atoms with E-state index < -0.39 is 0 Å². The van der Waals surface area contributed by atoms with Crippen molar-refractivity contribution in [2.24, 2.45) is 17.4 Å². The van der Waals surface area contributed by atoms with Gasteiger partial charge in [0, 0.05) is 12.5 Å². The Balaban J connectivity index is 4.06. The van der Waals surface area contributed by atoms with Gasteiger partial charge in [0.05, 0.1) is 11.0 Å². The average molecular weight is 203 g/mol. The second-order valence-electron chi connectivity index (χ2n) is 3.32. The number of nitrogens with two attached hydrogens (primary N) is 2. The van der Waals surface area contributed by atoms with Gasteiger partial charge in [-0.25, -0.2) is 0 Å². The van der Waals surface area contributed by atoms with Crippen molar-refractivity contribution in [3.05, 3.63) is 0 Å². The van der Waals surface area contributed by atoms with Crippen LogP contribution in [0.25, 0.3) is 0 Å². The molecule has 2 unspecified atom stereocenters. The van der Waals surface area contributed by atoms with E-state index in [1.807, 2.05) is 18.9 Å². The van der Waals surface area contributed by atoms with Crippen molar-refractivity contribution in [1.29, 1.82) is 0 Å². The van der Waals surface area contributed by atoms with Gasteiger partial charge in [-0.3, -0.25) is 9.69 Å². The van der Waals surface area contributed by atoms with Gasteiger partial charge in [0.25, 0.3) is 0 Å². The zero-order valence-electron chi connectivity index (χ0n) is 8.28. The summed E-state index contributed by atoms with van der Waals surface area (Å²) in [6, 6.07) is -0.00296. The van der Waals surface area contributed by atoms with E-state index in [1.165, 1.54) is 0 Å². The van der Waals surface area contributed by atoms with E-state index in [9.17, 15) is 4.79 Å². The molecule has 2 atom stereocenters. The maximum absolute atomic E-state index is 10.8. The Bertz CT molecular complexity index is 208. The molecule has 0 aliphatic rings. The molecule has 0 heterocycles. The normalized spacial score (nSPS) is 15.4. The maximum Gasteiger partial charge on any atom is 0.221 e. The Labute approximate surface area is 84.3 Å². The van der Waals surface area contributed by atoms with Crippen molar-refractivity contribution in [3.8, 4) is 0 Å². The summed E-state index contributed by atoms with van der Waals surface area (Å²) in [7, 11) is 1.86. The molecule has 0 spiro atoms. The van der Waals surface area contributed by atoms with E-state index in [0.29, 0.717) is 11.5 Å². The molecule has 13 heavy (non-hydrogen) atoms. The first kappa shape index (κ1) is 12.3. The number of nitrogens with zero attached hydrogens (tertiary/aromatic N) is 1. The third-order valence-electron chi connectivity index (χ3n) is 2.12. The van der Waals surface area contributed by atoms with Crippen molar-refractivity contribution in [1.82, 2.24) is 4.90 Å². The highest BCUT2D eigenvalue weighted by atomic mass is 32.1. The van der Waals surface area contributed by atoms with Crippen LogP contribution in [-0.2, 0) is 4.79 Å². The molecule has 0 aromatic carbocycles. The quantitative estimate of drug-likeness (QED) is 0.603. The van der Waals surface area contributed by atoms with Crippen LogP contribution in [0, 0.1) is 5.92 Å². The lowest BCUT2D eigenvalue weighted by atomic mass is 10.1. The van der Waals surface area contributed by atoms with Crippen molar-refractivity contribution in [3.63, 3.8) is 0 Å². The summed E-state index contributed by atoms with van der Waals surface area (Å²) in [4.78, 5) is 13.1. The lowest BCUT2D eigenvalue weighted by Gasteiger charge is -2.25. The Hall–Kier alpha value is -0.680. The molecule has 0 aliphatic heterocycles. The van der Waals surface area contributed by atoms with Gasteiger partial charge in [-0.1, -0.05) is 19.1 Å². The Morgan fingerprint density at radius 1 is 1.46 bits per heavy atom. The predicted octanol–water partition coefficient (Wildman–Crippen LogP) is -0.286. The number of hydrogen-bond donors (Lipinski definition) is 2. The minimum atomic E-state index is -0.304. The van der Waals surface area contributed by atoms with E-state index in [-0.39, 0.29) is 17.9 Å². The first-order valence-corrected chi connectivity index (χ1v) is 4.56. The van der Waals surface area contributed by atoms with Crippen LogP contribution in [0.3, 0.4) is 0 Å². The summed E-state index contributed by atoms with van der Waals surface area (Å²) in [5.41, 5.74) is 10.6. The summed E-state index contributed by atoms with van der Waals surface area (Å²) in [5, 5.41) is 0. The molecule has 1 amide bonds. The largest absolute Gasteiger partial charge is 0.392 e. The average Bonchev–Trinajstić information content (AvgIpc) is 2.02. The van der Waals surface area contributed by atoms with Crippen molar-refractivity contribution in [2.75, 3.05) is 13.6 Å². The second-order valence-corrected chi connectivity index (χ2v) is 3.79. The molecular formula is C8H17N3OS. The van der Waals surface area contributed by atoms with E-state index >= 15 is 0 Å². The number of amides is 1. The predicted molar refractivity (Wildman–Crippen MR) is 57.2 cm³/mol. The fourth-order valence-electron chi connectivity index (χ4n) is 0.897. The van der Waals surface area contributed by atoms with Crippen LogP contribution in [0.5, 0.6) is 0 Å². The van der Waals surface area contributed by atoms with Crippen LogP contribution in [0.2, 0.25) is 0 Å². The van der Waals surface area contributed by atoms with E-state index in [0.717, 1.165) is 0 Å². The Kier molecular flexibility index (Phi) is 4.87. The van der Waals surface area contributed by atoms with Crippen molar-refractivity contribution in [2.45, 2.75) is 19.9 Å². The van der Waals surface area contributed by atoms with Gasteiger partial charge in [-0.15, -0.1) is 0 Å². The zero-order valence-corrected chi connectivity index (χ0v) is 9.10. The molecule has 0 bridgehead atoms. The summed E-state index contributed by atoms with van der Waals surface area (Å²) >= 11 is 4.83. The number of likely N-dealkylation sites (N-methyl/N-ethyl adjacent to an activating group) is 1.